The van der Waals surface area contributed by atoms with Gasteiger partial charge in [-0.1, -0.05) is 40.5 Å². The van der Waals surface area contributed by atoms with E-state index in [4.69, 9.17) is 9.47 Å². The van der Waals surface area contributed by atoms with Crippen molar-refractivity contribution in [1.82, 2.24) is 0 Å². The van der Waals surface area contributed by atoms with E-state index >= 15 is 0 Å². The van der Waals surface area contributed by atoms with Crippen molar-refractivity contribution in [1.29, 1.82) is 0 Å². The van der Waals surface area contributed by atoms with Crippen LogP contribution in [0.15, 0.2) is 0 Å². The van der Waals surface area contributed by atoms with Crippen molar-refractivity contribution in [2.45, 2.75) is 91.9 Å². The lowest BCUT2D eigenvalue weighted by atomic mass is 9.79. The van der Waals surface area contributed by atoms with E-state index in [-0.39, 0.29) is 29.6 Å². The maximum atomic E-state index is 12.1. The highest BCUT2D eigenvalue weighted by Crippen LogP contribution is 2.30. The Hall–Kier alpha value is -1.39. The second-order valence-corrected chi connectivity index (χ2v) is 8.52. The first-order chi connectivity index (χ1) is 13.4. The summed E-state index contributed by atoms with van der Waals surface area (Å²) < 4.78 is 10.6. The third kappa shape index (κ3) is 10.2. The minimum Gasteiger partial charge on any atom is -0.466 e. The summed E-state index contributed by atoms with van der Waals surface area (Å²) in [5.74, 6) is 1.46. The Balaban J connectivity index is 2.30. The molecule has 1 aliphatic rings. The molecule has 5 nitrogen and oxygen atoms in total. The third-order valence-electron chi connectivity index (χ3n) is 6.02. The predicted octanol–water partition coefficient (Wildman–Crippen LogP) is 5.10. The molecule has 0 heterocycles. The van der Waals surface area contributed by atoms with E-state index in [9.17, 15) is 14.4 Å². The van der Waals surface area contributed by atoms with E-state index in [1.54, 1.807) is 6.92 Å². The fourth-order valence-electron chi connectivity index (χ4n) is 3.98. The van der Waals surface area contributed by atoms with E-state index in [0.717, 1.165) is 19.3 Å². The number of Topliss-reactive ketones (excluding diaryl/α,β-unsaturated/α-hetero) is 1. The molecule has 1 fully saturated rings. The zero-order chi connectivity index (χ0) is 20.9. The van der Waals surface area contributed by atoms with Crippen LogP contribution < -0.4 is 0 Å². The first-order valence-electron chi connectivity index (χ1n) is 11.2. The van der Waals surface area contributed by atoms with E-state index < -0.39 is 0 Å². The van der Waals surface area contributed by atoms with Crippen LogP contribution in [0.2, 0.25) is 0 Å². The summed E-state index contributed by atoms with van der Waals surface area (Å²) in [4.78, 5) is 35.4. The smallest absolute Gasteiger partial charge is 0.305 e. The minimum absolute atomic E-state index is 0.0964. The number of hydrogen-bond acceptors (Lipinski definition) is 5. The van der Waals surface area contributed by atoms with Crippen molar-refractivity contribution in [3.05, 3.63) is 0 Å². The van der Waals surface area contributed by atoms with Crippen molar-refractivity contribution >= 4 is 17.7 Å². The topological polar surface area (TPSA) is 69.7 Å². The molecular formula is C23H40O5. The molecule has 5 heteroatoms. The number of hydrogen-bond donors (Lipinski definition) is 0. The molecule has 0 aromatic carbocycles. The number of rotatable bonds is 13. The third-order valence-corrected chi connectivity index (χ3v) is 6.02. The standard InChI is InChI=1S/C23H40O5/c1-5-17(4)12-18(6-2)8-9-23(26)28-16-20-13-19(14-21(24)15-20)10-11-27-22(25)7-3/h17-20H,5-16H2,1-4H3. The number of ketones is 1. The van der Waals surface area contributed by atoms with Crippen LogP contribution in [-0.4, -0.2) is 30.9 Å². The van der Waals surface area contributed by atoms with Crippen molar-refractivity contribution in [3.8, 4) is 0 Å². The average Bonchev–Trinajstić information content (AvgIpc) is 2.68. The lowest BCUT2D eigenvalue weighted by Crippen LogP contribution is -2.27. The maximum Gasteiger partial charge on any atom is 0.305 e. The fourth-order valence-corrected chi connectivity index (χ4v) is 3.98. The van der Waals surface area contributed by atoms with Gasteiger partial charge in [0, 0.05) is 31.6 Å². The molecule has 28 heavy (non-hydrogen) atoms. The molecule has 0 N–H and O–H groups in total. The van der Waals surface area contributed by atoms with Crippen LogP contribution >= 0.6 is 0 Å². The van der Waals surface area contributed by atoms with Crippen molar-refractivity contribution in [2.75, 3.05) is 13.2 Å². The van der Waals surface area contributed by atoms with Crippen LogP contribution in [0.5, 0.6) is 0 Å². The summed E-state index contributed by atoms with van der Waals surface area (Å²) in [5.41, 5.74) is 0. The summed E-state index contributed by atoms with van der Waals surface area (Å²) in [7, 11) is 0. The van der Waals surface area contributed by atoms with E-state index in [2.05, 4.69) is 20.8 Å². The number of carbonyl (C=O) groups is 3. The molecule has 0 aromatic rings. The maximum absolute atomic E-state index is 12.1. The van der Waals surface area contributed by atoms with Crippen molar-refractivity contribution in [2.24, 2.45) is 23.7 Å². The molecule has 0 spiro atoms. The second-order valence-electron chi connectivity index (χ2n) is 8.52. The Morgan fingerprint density at radius 1 is 1.04 bits per heavy atom. The normalized spacial score (nSPS) is 21.8. The van der Waals surface area contributed by atoms with E-state index in [1.807, 2.05) is 0 Å². The first-order valence-corrected chi connectivity index (χ1v) is 11.2. The zero-order valence-electron chi connectivity index (χ0n) is 18.3. The summed E-state index contributed by atoms with van der Waals surface area (Å²) in [6.07, 6.45) is 7.76. The minimum atomic E-state index is -0.202. The van der Waals surface area contributed by atoms with Crippen LogP contribution in [0, 0.1) is 23.7 Å². The number of esters is 2. The molecule has 4 unspecified atom stereocenters. The van der Waals surface area contributed by atoms with E-state index in [1.165, 1.54) is 12.8 Å². The molecule has 0 amide bonds. The average molecular weight is 397 g/mol. The highest BCUT2D eigenvalue weighted by Gasteiger charge is 2.28. The van der Waals surface area contributed by atoms with Crippen LogP contribution in [0.3, 0.4) is 0 Å². The van der Waals surface area contributed by atoms with Crippen LogP contribution in [0.4, 0.5) is 0 Å². The molecular weight excluding hydrogens is 356 g/mol. The highest BCUT2D eigenvalue weighted by atomic mass is 16.5. The van der Waals surface area contributed by atoms with Gasteiger partial charge in [-0.15, -0.1) is 0 Å². The van der Waals surface area contributed by atoms with Crippen molar-refractivity contribution < 1.29 is 23.9 Å². The molecule has 0 bridgehead atoms. The molecule has 1 saturated carbocycles. The largest absolute Gasteiger partial charge is 0.466 e. The van der Waals surface area contributed by atoms with Gasteiger partial charge < -0.3 is 9.47 Å². The molecule has 0 aliphatic heterocycles. The molecule has 0 saturated heterocycles. The lowest BCUT2D eigenvalue weighted by molar-refractivity contribution is -0.147. The zero-order valence-corrected chi connectivity index (χ0v) is 18.3. The summed E-state index contributed by atoms with van der Waals surface area (Å²) >= 11 is 0. The van der Waals surface area contributed by atoms with E-state index in [0.29, 0.717) is 57.2 Å². The van der Waals surface area contributed by atoms with Gasteiger partial charge in [-0.3, -0.25) is 14.4 Å². The SMILES string of the molecule is CCC(=O)OCCC1CC(=O)CC(COC(=O)CCC(CC)CC(C)CC)C1. The molecule has 0 aromatic heterocycles. The molecule has 4 atom stereocenters. The molecule has 1 aliphatic carbocycles. The summed E-state index contributed by atoms with van der Waals surface area (Å²) in [5, 5.41) is 0. The molecule has 162 valence electrons. The van der Waals surface area contributed by atoms with Crippen LogP contribution in [0.1, 0.15) is 91.9 Å². The van der Waals surface area contributed by atoms with Gasteiger partial charge in [0.15, 0.2) is 0 Å². The highest BCUT2D eigenvalue weighted by molar-refractivity contribution is 5.79. The Labute approximate surface area is 170 Å². The monoisotopic (exact) mass is 396 g/mol. The van der Waals surface area contributed by atoms with Gasteiger partial charge in [0.1, 0.15) is 5.78 Å². The number of ether oxygens (including phenoxy) is 2. The van der Waals surface area contributed by atoms with Gasteiger partial charge >= 0.3 is 11.9 Å². The predicted molar refractivity (Wildman–Crippen MR) is 110 cm³/mol. The Morgan fingerprint density at radius 3 is 2.39 bits per heavy atom. The number of carbonyl (C=O) groups excluding carboxylic acids is 3. The van der Waals surface area contributed by atoms with Gasteiger partial charge in [0.05, 0.1) is 13.2 Å². The van der Waals surface area contributed by atoms with Gasteiger partial charge in [0.2, 0.25) is 0 Å². The first kappa shape index (κ1) is 24.6. The van der Waals surface area contributed by atoms with Gasteiger partial charge in [0.25, 0.3) is 0 Å². The fraction of sp³-hybridized carbons (Fsp3) is 0.870. The van der Waals surface area contributed by atoms with Gasteiger partial charge in [-0.2, -0.15) is 0 Å². The van der Waals surface area contributed by atoms with Gasteiger partial charge in [-0.05, 0) is 43.4 Å². The van der Waals surface area contributed by atoms with Gasteiger partial charge in [-0.25, -0.2) is 0 Å². The Kier molecular flexibility index (Phi) is 12.1. The van der Waals surface area contributed by atoms with Crippen molar-refractivity contribution in [3.63, 3.8) is 0 Å². The summed E-state index contributed by atoms with van der Waals surface area (Å²) in [6.45, 7) is 9.12. The second kappa shape index (κ2) is 13.7. The van der Waals surface area contributed by atoms with Crippen LogP contribution in [0.25, 0.3) is 0 Å². The molecule has 1 rings (SSSR count). The Morgan fingerprint density at radius 2 is 1.75 bits per heavy atom. The quantitative estimate of drug-likeness (QED) is 0.405. The van der Waals surface area contributed by atoms with Crippen LogP contribution in [-0.2, 0) is 23.9 Å². The summed E-state index contributed by atoms with van der Waals surface area (Å²) in [6, 6.07) is 0. The Bertz CT molecular complexity index is 487. The lowest BCUT2D eigenvalue weighted by Gasteiger charge is -2.28. The molecule has 0 radical (unpaired) electrons.